The number of ketones is 1. The Hall–Kier alpha value is -0.790. The molecule has 2 aliphatic heterocycles. The van der Waals surface area contributed by atoms with Gasteiger partial charge in [-0.25, -0.2) is 0 Å². The lowest BCUT2D eigenvalue weighted by molar-refractivity contribution is -0.193. The van der Waals surface area contributed by atoms with E-state index in [9.17, 15) is 9.90 Å². The number of Topliss-reactive ketones (excluding diaryl/α,β-unsaturated/α-hetero) is 1. The molecule has 2 heterocycles. The maximum atomic E-state index is 12.2. The van der Waals surface area contributed by atoms with Gasteiger partial charge in [0, 0.05) is 13.5 Å². The SMILES string of the molecule is CO[C@@H]1C(=O)CC[C@]2(CO2)C1(O)[C@@]1(C)O[C@@H]1C/C=C(/C)CO. The van der Waals surface area contributed by atoms with Gasteiger partial charge in [-0.15, -0.1) is 0 Å². The molecule has 6 nitrogen and oxygen atoms in total. The molecule has 6 heteroatoms. The Morgan fingerprint density at radius 2 is 2.23 bits per heavy atom. The summed E-state index contributed by atoms with van der Waals surface area (Å²) in [6.07, 6.45) is 2.17. The molecular weight excluding hydrogens is 288 g/mol. The summed E-state index contributed by atoms with van der Waals surface area (Å²) in [5.41, 5.74) is -2.24. The van der Waals surface area contributed by atoms with E-state index in [1.165, 1.54) is 7.11 Å². The zero-order valence-electron chi connectivity index (χ0n) is 13.3. The predicted molar refractivity (Wildman–Crippen MR) is 77.4 cm³/mol. The van der Waals surface area contributed by atoms with Crippen LogP contribution < -0.4 is 0 Å². The van der Waals surface area contributed by atoms with Crippen LogP contribution >= 0.6 is 0 Å². The zero-order valence-corrected chi connectivity index (χ0v) is 13.3. The van der Waals surface area contributed by atoms with Gasteiger partial charge >= 0.3 is 0 Å². The molecule has 0 amide bonds. The van der Waals surface area contributed by atoms with Crippen LogP contribution in [-0.2, 0) is 19.0 Å². The molecule has 3 aliphatic rings. The van der Waals surface area contributed by atoms with Crippen LogP contribution in [0.25, 0.3) is 0 Å². The van der Waals surface area contributed by atoms with Crippen LogP contribution in [0.3, 0.4) is 0 Å². The average molecular weight is 312 g/mol. The smallest absolute Gasteiger partial charge is 0.164 e. The van der Waals surface area contributed by atoms with Gasteiger partial charge in [0.15, 0.2) is 11.4 Å². The Morgan fingerprint density at radius 3 is 2.77 bits per heavy atom. The van der Waals surface area contributed by atoms with Crippen LogP contribution in [0.4, 0.5) is 0 Å². The Kier molecular flexibility index (Phi) is 3.73. The Morgan fingerprint density at radius 1 is 1.55 bits per heavy atom. The highest BCUT2D eigenvalue weighted by molar-refractivity contribution is 5.87. The highest BCUT2D eigenvalue weighted by Gasteiger charge is 2.81. The van der Waals surface area contributed by atoms with Gasteiger partial charge in [0.25, 0.3) is 0 Å². The van der Waals surface area contributed by atoms with Crippen LogP contribution in [0, 0.1) is 0 Å². The zero-order chi connectivity index (χ0) is 16.2. The number of ether oxygens (including phenoxy) is 3. The number of hydrogen-bond donors (Lipinski definition) is 2. The third-order valence-corrected chi connectivity index (χ3v) is 5.50. The van der Waals surface area contributed by atoms with Crippen LogP contribution in [-0.4, -0.2) is 65.3 Å². The monoisotopic (exact) mass is 312 g/mol. The summed E-state index contributed by atoms with van der Waals surface area (Å²) >= 11 is 0. The lowest BCUT2D eigenvalue weighted by Crippen LogP contribution is -2.69. The van der Waals surface area contributed by atoms with Crippen molar-refractivity contribution < 1.29 is 29.2 Å². The third kappa shape index (κ3) is 2.02. The van der Waals surface area contributed by atoms with Crippen molar-refractivity contribution in [3.05, 3.63) is 11.6 Å². The minimum absolute atomic E-state index is 0.0000667. The van der Waals surface area contributed by atoms with Crippen molar-refractivity contribution in [3.63, 3.8) is 0 Å². The van der Waals surface area contributed by atoms with E-state index in [1.807, 2.05) is 19.9 Å². The number of epoxide rings is 2. The van der Waals surface area contributed by atoms with E-state index < -0.39 is 22.9 Å². The number of rotatable bonds is 5. The molecule has 3 rings (SSSR count). The van der Waals surface area contributed by atoms with Gasteiger partial charge < -0.3 is 24.4 Å². The summed E-state index contributed by atoms with van der Waals surface area (Å²) in [4.78, 5) is 12.2. The van der Waals surface area contributed by atoms with E-state index >= 15 is 0 Å². The maximum Gasteiger partial charge on any atom is 0.164 e. The molecule has 0 aromatic rings. The summed E-state index contributed by atoms with van der Waals surface area (Å²) in [5.74, 6) is -0.108. The second-order valence-corrected chi connectivity index (χ2v) is 6.79. The fraction of sp³-hybridized carbons (Fsp3) is 0.812. The number of carbonyl (C=O) groups excluding carboxylic acids is 1. The van der Waals surface area contributed by atoms with Crippen LogP contribution in [0.5, 0.6) is 0 Å². The molecule has 1 unspecified atom stereocenters. The summed E-state index contributed by atoms with van der Waals surface area (Å²) in [7, 11) is 1.44. The quantitative estimate of drug-likeness (QED) is 0.562. The molecule has 2 saturated heterocycles. The first-order valence-electron chi connectivity index (χ1n) is 7.71. The fourth-order valence-electron chi connectivity index (χ4n) is 3.83. The number of aliphatic hydroxyl groups is 2. The number of hydrogen-bond acceptors (Lipinski definition) is 6. The number of aliphatic hydroxyl groups excluding tert-OH is 1. The minimum atomic E-state index is -1.48. The molecule has 0 aromatic carbocycles. The van der Waals surface area contributed by atoms with Crippen molar-refractivity contribution in [2.45, 2.75) is 62.1 Å². The van der Waals surface area contributed by atoms with Gasteiger partial charge in [-0.2, -0.15) is 0 Å². The summed E-state index contributed by atoms with van der Waals surface area (Å²) < 4.78 is 16.7. The molecule has 1 spiro atoms. The first-order chi connectivity index (χ1) is 10.3. The van der Waals surface area contributed by atoms with E-state index in [2.05, 4.69) is 0 Å². The van der Waals surface area contributed by atoms with Gasteiger partial charge in [-0.1, -0.05) is 11.6 Å². The molecule has 0 radical (unpaired) electrons. The third-order valence-electron chi connectivity index (χ3n) is 5.50. The predicted octanol–water partition coefficient (Wildman–Crippen LogP) is 0.351. The largest absolute Gasteiger partial charge is 0.392 e. The highest BCUT2D eigenvalue weighted by Crippen LogP contribution is 2.61. The van der Waals surface area contributed by atoms with E-state index in [0.29, 0.717) is 25.9 Å². The van der Waals surface area contributed by atoms with Crippen molar-refractivity contribution in [3.8, 4) is 0 Å². The molecule has 3 fully saturated rings. The fourth-order valence-corrected chi connectivity index (χ4v) is 3.83. The second kappa shape index (κ2) is 5.11. The van der Waals surface area contributed by atoms with E-state index in [1.54, 1.807) is 0 Å². The summed E-state index contributed by atoms with van der Waals surface area (Å²) in [6, 6.07) is 0. The minimum Gasteiger partial charge on any atom is -0.392 e. The van der Waals surface area contributed by atoms with Gasteiger partial charge in [-0.3, -0.25) is 4.79 Å². The molecule has 5 atom stereocenters. The molecule has 2 N–H and O–H groups in total. The van der Waals surface area contributed by atoms with E-state index in [0.717, 1.165) is 5.57 Å². The van der Waals surface area contributed by atoms with E-state index in [-0.39, 0.29) is 18.5 Å². The van der Waals surface area contributed by atoms with Crippen molar-refractivity contribution in [2.24, 2.45) is 0 Å². The number of methoxy groups -OCH3 is 1. The molecule has 0 bridgehead atoms. The summed E-state index contributed by atoms with van der Waals surface area (Å²) in [6.45, 7) is 4.07. The molecular formula is C16H24O6. The van der Waals surface area contributed by atoms with Gasteiger partial charge in [0.05, 0.1) is 19.3 Å². The molecule has 1 aliphatic carbocycles. The summed E-state index contributed by atoms with van der Waals surface area (Å²) in [5, 5.41) is 20.5. The first kappa shape index (κ1) is 16.1. The van der Waals surface area contributed by atoms with Crippen LogP contribution in [0.1, 0.15) is 33.1 Å². The standard InChI is InChI=1S/C16H24O6/c1-10(8-17)4-5-12-14(2,22-12)16(19)13(20-3)11(18)6-7-15(16)9-21-15/h4,12-13,17,19H,5-9H2,1-3H3/b10-4-/t12-,13-,14+,15+,16?/m1/s1. The second-order valence-electron chi connectivity index (χ2n) is 6.79. The van der Waals surface area contributed by atoms with Crippen molar-refractivity contribution >= 4 is 5.78 Å². The molecule has 0 aromatic heterocycles. The Balaban J connectivity index is 1.86. The molecule has 22 heavy (non-hydrogen) atoms. The van der Waals surface area contributed by atoms with E-state index in [4.69, 9.17) is 19.3 Å². The Labute approximate surface area is 130 Å². The van der Waals surface area contributed by atoms with Gasteiger partial charge in [0.2, 0.25) is 0 Å². The first-order valence-corrected chi connectivity index (χ1v) is 7.71. The van der Waals surface area contributed by atoms with Crippen molar-refractivity contribution in [1.82, 2.24) is 0 Å². The normalized spacial score (nSPS) is 47.9. The maximum absolute atomic E-state index is 12.2. The lowest BCUT2D eigenvalue weighted by Gasteiger charge is -2.45. The van der Waals surface area contributed by atoms with Crippen molar-refractivity contribution in [1.29, 1.82) is 0 Å². The Bertz CT molecular complexity index is 511. The van der Waals surface area contributed by atoms with Gasteiger partial charge in [0.1, 0.15) is 17.3 Å². The molecule has 1 saturated carbocycles. The van der Waals surface area contributed by atoms with Crippen LogP contribution in [0.2, 0.25) is 0 Å². The molecule has 124 valence electrons. The highest BCUT2D eigenvalue weighted by atomic mass is 16.7. The average Bonchev–Trinajstić information content (AvgIpc) is 3.39. The lowest BCUT2D eigenvalue weighted by atomic mass is 9.65. The topological polar surface area (TPSA) is 91.8 Å². The van der Waals surface area contributed by atoms with Gasteiger partial charge in [-0.05, 0) is 26.7 Å². The number of carbonyl (C=O) groups is 1. The van der Waals surface area contributed by atoms with Crippen LogP contribution in [0.15, 0.2) is 11.6 Å². The van der Waals surface area contributed by atoms with Crippen molar-refractivity contribution in [2.75, 3.05) is 20.3 Å².